The highest BCUT2D eigenvalue weighted by atomic mass is 14.9. The number of benzene rings is 4. The normalized spacial score (nSPS) is 15.1. The lowest BCUT2D eigenvalue weighted by molar-refractivity contribution is 0.660. The van der Waals surface area contributed by atoms with Crippen LogP contribution in [0.25, 0.3) is 28.3 Å². The molecule has 0 aromatic heterocycles. The highest BCUT2D eigenvalue weighted by Gasteiger charge is 2.35. The first-order chi connectivity index (χ1) is 15.1. The first-order valence-electron chi connectivity index (χ1n) is 11.0. The van der Waals surface area contributed by atoms with Crippen LogP contribution in [-0.2, 0) is 11.8 Å². The van der Waals surface area contributed by atoms with E-state index in [1.165, 1.54) is 50.2 Å². The molecule has 1 heteroatoms. The lowest BCUT2D eigenvalue weighted by Crippen LogP contribution is -2.15. The topological polar surface area (TPSA) is 12.0 Å². The maximum absolute atomic E-state index is 3.76. The predicted molar refractivity (Wildman–Crippen MR) is 131 cm³/mol. The second-order valence-electron chi connectivity index (χ2n) is 9.15. The van der Waals surface area contributed by atoms with E-state index >= 15 is 0 Å². The van der Waals surface area contributed by atoms with Crippen LogP contribution in [0.3, 0.4) is 0 Å². The van der Waals surface area contributed by atoms with Crippen molar-refractivity contribution in [3.05, 3.63) is 119 Å². The molecule has 0 spiro atoms. The second kappa shape index (κ2) is 6.72. The fourth-order valence-electron chi connectivity index (χ4n) is 5.30. The molecule has 2 aliphatic rings. The van der Waals surface area contributed by atoms with Crippen molar-refractivity contribution in [1.29, 1.82) is 0 Å². The molecular weight excluding hydrogens is 374 g/mol. The fourth-order valence-corrected chi connectivity index (χ4v) is 5.30. The third-order valence-corrected chi connectivity index (χ3v) is 6.87. The summed E-state index contributed by atoms with van der Waals surface area (Å²) >= 11 is 0. The van der Waals surface area contributed by atoms with Crippen molar-refractivity contribution in [1.82, 2.24) is 0 Å². The Kier molecular flexibility index (Phi) is 3.94. The quantitative estimate of drug-likeness (QED) is 0.365. The number of hydrogen-bond donors (Lipinski definition) is 1. The molecule has 0 radical (unpaired) electrons. The molecule has 0 amide bonds. The van der Waals surface area contributed by atoms with Gasteiger partial charge in [-0.2, -0.15) is 0 Å². The molecule has 2 aliphatic carbocycles. The average Bonchev–Trinajstić information content (AvgIpc) is 2.91. The molecule has 0 bridgehead atoms. The van der Waals surface area contributed by atoms with Crippen LogP contribution in [0.1, 0.15) is 36.1 Å². The largest absolute Gasteiger partial charge is 0.359 e. The van der Waals surface area contributed by atoms with Crippen LogP contribution in [0.2, 0.25) is 0 Å². The van der Waals surface area contributed by atoms with Gasteiger partial charge in [-0.25, -0.2) is 0 Å². The van der Waals surface area contributed by atoms with Gasteiger partial charge in [-0.05, 0) is 62.7 Å². The van der Waals surface area contributed by atoms with Crippen LogP contribution in [0, 0.1) is 0 Å². The molecule has 6 rings (SSSR count). The maximum Gasteiger partial charge on any atom is 0.0385 e. The first-order valence-corrected chi connectivity index (χ1v) is 11.0. The van der Waals surface area contributed by atoms with Crippen molar-refractivity contribution >= 4 is 11.8 Å². The molecule has 1 nitrogen and oxygen atoms in total. The summed E-state index contributed by atoms with van der Waals surface area (Å²) in [5, 5.41) is 3.76. The van der Waals surface area contributed by atoms with E-state index in [4.69, 9.17) is 0 Å². The van der Waals surface area contributed by atoms with Crippen molar-refractivity contribution in [2.24, 2.45) is 0 Å². The standard InChI is InChI=1S/C30H25N/c1-30(2)28-14-8-7-13-26(28)27-16-15-22(19-29(27)30)31-23-17-20-9-3-5-11-24(20)25-12-6-4-10-21(25)18-23/h3-17,19,31H,18H2,1-2H3. The van der Waals surface area contributed by atoms with Crippen LogP contribution >= 0.6 is 0 Å². The van der Waals surface area contributed by atoms with E-state index in [2.05, 4.69) is 116 Å². The number of nitrogens with one attached hydrogen (secondary N) is 1. The number of allylic oxidation sites excluding steroid dienone is 1. The van der Waals surface area contributed by atoms with Crippen LogP contribution in [0.15, 0.2) is 96.7 Å². The molecule has 0 atom stereocenters. The van der Waals surface area contributed by atoms with Gasteiger partial charge in [0.1, 0.15) is 0 Å². The van der Waals surface area contributed by atoms with E-state index in [0.717, 1.165) is 12.1 Å². The molecule has 31 heavy (non-hydrogen) atoms. The predicted octanol–water partition coefficient (Wildman–Crippen LogP) is 7.67. The van der Waals surface area contributed by atoms with E-state index in [1.807, 2.05) is 0 Å². The zero-order valence-corrected chi connectivity index (χ0v) is 17.9. The second-order valence-corrected chi connectivity index (χ2v) is 9.15. The Hall–Kier alpha value is -3.58. The van der Waals surface area contributed by atoms with Gasteiger partial charge in [0, 0.05) is 23.2 Å². The summed E-state index contributed by atoms with van der Waals surface area (Å²) in [5.74, 6) is 0. The summed E-state index contributed by atoms with van der Waals surface area (Å²) in [7, 11) is 0. The van der Waals surface area contributed by atoms with E-state index in [0.29, 0.717) is 0 Å². The number of hydrogen-bond acceptors (Lipinski definition) is 1. The number of fused-ring (bicyclic) bond motifs is 6. The Morgan fingerprint density at radius 1 is 0.645 bits per heavy atom. The Bertz CT molecular complexity index is 1360. The summed E-state index contributed by atoms with van der Waals surface area (Å²) in [6.45, 7) is 4.66. The smallest absolute Gasteiger partial charge is 0.0385 e. The van der Waals surface area contributed by atoms with Gasteiger partial charge in [0.25, 0.3) is 0 Å². The molecule has 1 N–H and O–H groups in total. The van der Waals surface area contributed by atoms with Gasteiger partial charge >= 0.3 is 0 Å². The van der Waals surface area contributed by atoms with Crippen molar-refractivity contribution in [3.8, 4) is 22.3 Å². The molecule has 0 aliphatic heterocycles. The molecule has 0 saturated heterocycles. The molecular formula is C30H25N. The highest BCUT2D eigenvalue weighted by molar-refractivity contribution is 5.84. The van der Waals surface area contributed by atoms with E-state index in [1.54, 1.807) is 0 Å². The van der Waals surface area contributed by atoms with Crippen molar-refractivity contribution in [3.63, 3.8) is 0 Å². The monoisotopic (exact) mass is 399 g/mol. The minimum absolute atomic E-state index is 0.0145. The van der Waals surface area contributed by atoms with Gasteiger partial charge in [0.2, 0.25) is 0 Å². The van der Waals surface area contributed by atoms with Crippen LogP contribution in [0.4, 0.5) is 5.69 Å². The van der Waals surface area contributed by atoms with Crippen molar-refractivity contribution in [2.75, 3.05) is 5.32 Å². The Morgan fingerprint density at radius 2 is 1.32 bits per heavy atom. The van der Waals surface area contributed by atoms with E-state index in [9.17, 15) is 0 Å². The van der Waals surface area contributed by atoms with E-state index in [-0.39, 0.29) is 5.41 Å². The molecule has 0 fully saturated rings. The molecule has 0 saturated carbocycles. The van der Waals surface area contributed by atoms with Crippen molar-refractivity contribution in [2.45, 2.75) is 25.7 Å². The van der Waals surface area contributed by atoms with Gasteiger partial charge in [0.05, 0.1) is 0 Å². The molecule has 4 aromatic rings. The Morgan fingerprint density at radius 3 is 2.19 bits per heavy atom. The van der Waals surface area contributed by atoms with Gasteiger partial charge in [-0.15, -0.1) is 0 Å². The summed E-state index contributed by atoms with van der Waals surface area (Å²) in [6.07, 6.45) is 3.20. The third kappa shape index (κ3) is 2.84. The Labute approximate surface area is 184 Å². The number of rotatable bonds is 2. The minimum atomic E-state index is 0.0145. The fraction of sp³-hybridized carbons (Fsp3) is 0.133. The summed E-state index contributed by atoms with van der Waals surface area (Å²) in [5.41, 5.74) is 13.2. The first kappa shape index (κ1) is 18.2. The minimum Gasteiger partial charge on any atom is -0.359 e. The Balaban J connectivity index is 1.41. The number of anilines is 1. The third-order valence-electron chi connectivity index (χ3n) is 6.87. The lowest BCUT2D eigenvalue weighted by atomic mass is 9.82. The molecule has 4 aromatic carbocycles. The summed E-state index contributed by atoms with van der Waals surface area (Å²) < 4.78 is 0. The van der Waals surface area contributed by atoms with Gasteiger partial charge < -0.3 is 5.32 Å². The lowest BCUT2D eigenvalue weighted by Gasteiger charge is -2.22. The van der Waals surface area contributed by atoms with Crippen LogP contribution < -0.4 is 5.32 Å². The zero-order valence-electron chi connectivity index (χ0n) is 17.9. The van der Waals surface area contributed by atoms with Gasteiger partial charge in [0.15, 0.2) is 0 Å². The maximum atomic E-state index is 3.76. The SMILES string of the molecule is CC1(C)c2ccccc2-c2ccc(NC3=Cc4ccccc4-c4ccccc4C3)cc21. The van der Waals surface area contributed by atoms with Gasteiger partial charge in [-0.1, -0.05) is 92.7 Å². The summed E-state index contributed by atoms with van der Waals surface area (Å²) in [6, 6.07) is 33.1. The average molecular weight is 400 g/mol. The summed E-state index contributed by atoms with van der Waals surface area (Å²) in [4.78, 5) is 0. The zero-order chi connectivity index (χ0) is 21.0. The molecule has 150 valence electrons. The molecule has 0 unspecified atom stereocenters. The van der Waals surface area contributed by atoms with Crippen LogP contribution in [-0.4, -0.2) is 0 Å². The molecule has 0 heterocycles. The van der Waals surface area contributed by atoms with Crippen molar-refractivity contribution < 1.29 is 0 Å². The highest BCUT2D eigenvalue weighted by Crippen LogP contribution is 2.49. The van der Waals surface area contributed by atoms with Crippen LogP contribution in [0.5, 0.6) is 0 Å². The van der Waals surface area contributed by atoms with Gasteiger partial charge in [-0.3, -0.25) is 0 Å². The van der Waals surface area contributed by atoms with E-state index < -0.39 is 0 Å².